The van der Waals surface area contributed by atoms with Gasteiger partial charge in [-0.05, 0) is 29.8 Å². The zero-order chi connectivity index (χ0) is 16.1. The average Bonchev–Trinajstić information content (AvgIpc) is 2.55. The maximum atomic E-state index is 12.3. The summed E-state index contributed by atoms with van der Waals surface area (Å²) >= 11 is 0. The molecular formula is C17H13NO4. The number of ketones is 1. The van der Waals surface area contributed by atoms with Gasteiger partial charge < -0.3 is 9.84 Å². The first-order valence-electron chi connectivity index (χ1n) is 6.48. The average molecular weight is 295 g/mol. The summed E-state index contributed by atoms with van der Waals surface area (Å²) < 4.78 is 5.00. The lowest BCUT2D eigenvalue weighted by Gasteiger charge is -2.08. The van der Waals surface area contributed by atoms with Crippen molar-refractivity contribution < 1.29 is 19.4 Å². The van der Waals surface area contributed by atoms with Crippen LogP contribution < -0.4 is 4.74 Å². The third-order valence-electron chi connectivity index (χ3n) is 3.21. The van der Waals surface area contributed by atoms with Gasteiger partial charge in [0.05, 0.1) is 24.3 Å². The normalized spacial score (nSPS) is 9.82. The van der Waals surface area contributed by atoms with Crippen LogP contribution in [0.25, 0.3) is 0 Å². The van der Waals surface area contributed by atoms with Crippen molar-refractivity contribution in [3.8, 4) is 11.8 Å². The third-order valence-corrected chi connectivity index (χ3v) is 3.21. The lowest BCUT2D eigenvalue weighted by atomic mass is 9.97. The van der Waals surface area contributed by atoms with E-state index in [1.165, 1.54) is 19.2 Å². The van der Waals surface area contributed by atoms with E-state index in [0.717, 1.165) is 0 Å². The Bertz CT molecular complexity index is 774. The SMILES string of the molecule is COc1ccc(CC(=O)c2cccc(C#N)c2)c(C(=O)O)c1. The number of nitrogens with zero attached hydrogens (tertiary/aromatic N) is 1. The Labute approximate surface area is 127 Å². The number of benzene rings is 2. The van der Waals surface area contributed by atoms with Crippen LogP contribution in [0.1, 0.15) is 31.8 Å². The molecule has 0 amide bonds. The molecule has 0 spiro atoms. The van der Waals surface area contributed by atoms with Gasteiger partial charge in [0, 0.05) is 12.0 Å². The van der Waals surface area contributed by atoms with Crippen LogP contribution >= 0.6 is 0 Å². The van der Waals surface area contributed by atoms with E-state index in [1.54, 1.807) is 30.3 Å². The minimum absolute atomic E-state index is 0.0316. The van der Waals surface area contributed by atoms with Gasteiger partial charge in [-0.15, -0.1) is 0 Å². The van der Waals surface area contributed by atoms with Crippen LogP contribution in [0.4, 0.5) is 0 Å². The Morgan fingerprint density at radius 3 is 2.64 bits per heavy atom. The van der Waals surface area contributed by atoms with Crippen LogP contribution in [-0.2, 0) is 6.42 Å². The molecule has 0 radical (unpaired) electrons. The summed E-state index contributed by atoms with van der Waals surface area (Å²) in [6, 6.07) is 12.9. The molecule has 0 fully saturated rings. The maximum Gasteiger partial charge on any atom is 0.336 e. The third kappa shape index (κ3) is 3.30. The molecule has 0 aliphatic rings. The van der Waals surface area contributed by atoms with Crippen molar-refractivity contribution in [3.63, 3.8) is 0 Å². The monoisotopic (exact) mass is 295 g/mol. The number of carboxylic acids is 1. The van der Waals surface area contributed by atoms with E-state index in [1.807, 2.05) is 6.07 Å². The Morgan fingerprint density at radius 2 is 2.00 bits per heavy atom. The number of hydrogen-bond acceptors (Lipinski definition) is 4. The summed E-state index contributed by atoms with van der Waals surface area (Å²) in [5.74, 6) is -0.947. The van der Waals surface area contributed by atoms with Gasteiger partial charge in [-0.1, -0.05) is 18.2 Å². The van der Waals surface area contributed by atoms with E-state index < -0.39 is 5.97 Å². The molecule has 0 unspecified atom stereocenters. The molecule has 22 heavy (non-hydrogen) atoms. The largest absolute Gasteiger partial charge is 0.497 e. The molecule has 5 nitrogen and oxygen atoms in total. The number of ether oxygens (including phenoxy) is 1. The molecule has 1 N–H and O–H groups in total. The Morgan fingerprint density at radius 1 is 1.23 bits per heavy atom. The van der Waals surface area contributed by atoms with E-state index in [0.29, 0.717) is 22.4 Å². The number of rotatable bonds is 5. The molecule has 0 heterocycles. The van der Waals surface area contributed by atoms with Gasteiger partial charge in [-0.25, -0.2) is 4.79 Å². The molecule has 0 saturated heterocycles. The lowest BCUT2D eigenvalue weighted by Crippen LogP contribution is -2.09. The minimum Gasteiger partial charge on any atom is -0.497 e. The Hall–Kier alpha value is -3.13. The summed E-state index contributed by atoms with van der Waals surface area (Å²) in [6.45, 7) is 0. The first-order chi connectivity index (χ1) is 10.5. The van der Waals surface area contributed by atoms with E-state index >= 15 is 0 Å². The van der Waals surface area contributed by atoms with Crippen molar-refractivity contribution in [2.75, 3.05) is 7.11 Å². The first kappa shape index (κ1) is 15.3. The second-order valence-corrected chi connectivity index (χ2v) is 4.62. The Balaban J connectivity index is 2.32. The number of carbonyl (C=O) groups is 2. The second kappa shape index (κ2) is 6.55. The smallest absolute Gasteiger partial charge is 0.336 e. The fourth-order valence-electron chi connectivity index (χ4n) is 2.07. The second-order valence-electron chi connectivity index (χ2n) is 4.62. The fraction of sp³-hybridized carbons (Fsp3) is 0.118. The number of Topliss-reactive ketones (excluding diaryl/α,β-unsaturated/α-hetero) is 1. The number of nitriles is 1. The van der Waals surface area contributed by atoms with Crippen LogP contribution in [0.15, 0.2) is 42.5 Å². The van der Waals surface area contributed by atoms with E-state index in [4.69, 9.17) is 10.00 Å². The Kier molecular flexibility index (Phi) is 4.54. The van der Waals surface area contributed by atoms with Gasteiger partial charge >= 0.3 is 5.97 Å². The van der Waals surface area contributed by atoms with Crippen molar-refractivity contribution in [2.45, 2.75) is 6.42 Å². The molecule has 2 rings (SSSR count). The van der Waals surface area contributed by atoms with Crippen LogP contribution in [0.5, 0.6) is 5.75 Å². The van der Waals surface area contributed by atoms with Crippen molar-refractivity contribution in [1.29, 1.82) is 5.26 Å². The molecule has 0 saturated carbocycles. The molecular weight excluding hydrogens is 282 g/mol. The zero-order valence-electron chi connectivity index (χ0n) is 11.9. The van der Waals surface area contributed by atoms with Gasteiger partial charge in [0.2, 0.25) is 0 Å². The van der Waals surface area contributed by atoms with Crippen LogP contribution in [-0.4, -0.2) is 24.0 Å². The number of hydrogen-bond donors (Lipinski definition) is 1. The fourth-order valence-corrected chi connectivity index (χ4v) is 2.07. The predicted octanol–water partition coefficient (Wildman–Crippen LogP) is 2.69. The molecule has 0 aliphatic carbocycles. The van der Waals surface area contributed by atoms with Crippen molar-refractivity contribution in [1.82, 2.24) is 0 Å². The highest BCUT2D eigenvalue weighted by molar-refractivity contribution is 6.00. The molecule has 5 heteroatoms. The zero-order valence-corrected chi connectivity index (χ0v) is 11.9. The lowest BCUT2D eigenvalue weighted by molar-refractivity contribution is 0.0695. The quantitative estimate of drug-likeness (QED) is 0.857. The first-order valence-corrected chi connectivity index (χ1v) is 6.48. The molecule has 0 aliphatic heterocycles. The predicted molar refractivity (Wildman–Crippen MR) is 79.1 cm³/mol. The van der Waals surface area contributed by atoms with E-state index in [2.05, 4.69) is 0 Å². The van der Waals surface area contributed by atoms with E-state index in [-0.39, 0.29) is 17.8 Å². The maximum absolute atomic E-state index is 12.3. The summed E-state index contributed by atoms with van der Waals surface area (Å²) in [6.07, 6.45) is -0.0551. The van der Waals surface area contributed by atoms with Crippen LogP contribution in [0, 0.1) is 11.3 Å². The highest BCUT2D eigenvalue weighted by Gasteiger charge is 2.15. The summed E-state index contributed by atoms with van der Waals surface area (Å²) in [4.78, 5) is 23.6. The number of carboxylic acid groups (broad SMARTS) is 1. The van der Waals surface area contributed by atoms with Crippen LogP contribution in [0.3, 0.4) is 0 Å². The molecule has 0 atom stereocenters. The highest BCUT2D eigenvalue weighted by atomic mass is 16.5. The van der Waals surface area contributed by atoms with Crippen LogP contribution in [0.2, 0.25) is 0 Å². The van der Waals surface area contributed by atoms with Gasteiger partial charge in [-0.3, -0.25) is 4.79 Å². The van der Waals surface area contributed by atoms with Gasteiger partial charge in [0.25, 0.3) is 0 Å². The van der Waals surface area contributed by atoms with Gasteiger partial charge in [0.15, 0.2) is 5.78 Å². The van der Waals surface area contributed by atoms with Gasteiger partial charge in [0.1, 0.15) is 5.75 Å². The number of carbonyl (C=O) groups excluding carboxylic acids is 1. The summed E-state index contributed by atoms with van der Waals surface area (Å²) in [7, 11) is 1.44. The van der Waals surface area contributed by atoms with Crippen molar-refractivity contribution in [3.05, 3.63) is 64.7 Å². The standard InChI is InChI=1S/C17H13NO4/c1-22-14-6-5-12(15(9-14)17(20)21)8-16(19)13-4-2-3-11(7-13)10-18/h2-7,9H,8H2,1H3,(H,20,21). The molecule has 0 bridgehead atoms. The minimum atomic E-state index is -1.12. The van der Waals surface area contributed by atoms with Crippen molar-refractivity contribution >= 4 is 11.8 Å². The molecule has 2 aromatic rings. The number of methoxy groups -OCH3 is 1. The van der Waals surface area contributed by atoms with Gasteiger partial charge in [-0.2, -0.15) is 5.26 Å². The molecule has 110 valence electrons. The van der Waals surface area contributed by atoms with E-state index in [9.17, 15) is 14.7 Å². The molecule has 2 aromatic carbocycles. The summed E-state index contributed by atoms with van der Waals surface area (Å²) in [5, 5.41) is 18.1. The highest BCUT2D eigenvalue weighted by Crippen LogP contribution is 2.20. The number of aromatic carboxylic acids is 1. The van der Waals surface area contributed by atoms with Crippen molar-refractivity contribution in [2.24, 2.45) is 0 Å². The topological polar surface area (TPSA) is 87.4 Å². The summed E-state index contributed by atoms with van der Waals surface area (Å²) in [5.41, 5.74) is 1.20. The molecule has 0 aromatic heterocycles.